The van der Waals surface area contributed by atoms with Crippen molar-refractivity contribution in [1.82, 2.24) is 10.3 Å². The number of hydrogen-bond donors (Lipinski definition) is 1. The van der Waals surface area contributed by atoms with Gasteiger partial charge in [0.25, 0.3) is 0 Å². The van der Waals surface area contributed by atoms with Gasteiger partial charge in [0, 0.05) is 19.1 Å². The number of ether oxygens (including phenoxy) is 1. The maximum atomic E-state index is 5.69. The predicted molar refractivity (Wildman–Crippen MR) is 65.8 cm³/mol. The van der Waals surface area contributed by atoms with Crippen LogP contribution in [0.15, 0.2) is 10.6 Å². The minimum Gasteiger partial charge on any atom is -0.444 e. The summed E-state index contributed by atoms with van der Waals surface area (Å²) in [4.78, 5) is 4.25. The Morgan fingerprint density at radius 3 is 3.00 bits per heavy atom. The molecule has 0 spiro atoms. The summed E-state index contributed by atoms with van der Waals surface area (Å²) in [6.07, 6.45) is 4.81. The van der Waals surface area contributed by atoms with Gasteiger partial charge < -0.3 is 14.5 Å². The lowest BCUT2D eigenvalue weighted by Gasteiger charge is -2.35. The summed E-state index contributed by atoms with van der Waals surface area (Å²) >= 11 is 0. The zero-order chi connectivity index (χ0) is 12.3. The van der Waals surface area contributed by atoms with Gasteiger partial charge in [-0.2, -0.15) is 0 Å². The van der Waals surface area contributed by atoms with Gasteiger partial charge in [0.2, 0.25) is 5.89 Å². The van der Waals surface area contributed by atoms with Crippen LogP contribution >= 0.6 is 0 Å². The normalized spacial score (nSPS) is 23.8. The fourth-order valence-corrected chi connectivity index (χ4v) is 2.23. The van der Waals surface area contributed by atoms with E-state index in [-0.39, 0.29) is 5.60 Å². The molecule has 0 aliphatic carbocycles. The highest BCUT2D eigenvalue weighted by atomic mass is 16.5. The molecule has 2 heterocycles. The third kappa shape index (κ3) is 3.54. The maximum Gasteiger partial charge on any atom is 0.208 e. The minimum atomic E-state index is -0.0128. The molecule has 4 heteroatoms. The molecule has 96 valence electrons. The zero-order valence-electron chi connectivity index (χ0n) is 11.0. The van der Waals surface area contributed by atoms with Crippen molar-refractivity contribution in [2.24, 2.45) is 0 Å². The van der Waals surface area contributed by atoms with E-state index >= 15 is 0 Å². The Kier molecular flexibility index (Phi) is 3.84. The molecule has 1 aromatic heterocycles. The molecule has 1 atom stereocenters. The quantitative estimate of drug-likeness (QED) is 0.874. The van der Waals surface area contributed by atoms with Crippen LogP contribution in [-0.2, 0) is 17.7 Å². The highest BCUT2D eigenvalue weighted by molar-refractivity contribution is 4.94. The third-order valence-corrected chi connectivity index (χ3v) is 3.19. The largest absolute Gasteiger partial charge is 0.444 e. The highest BCUT2D eigenvalue weighted by Crippen LogP contribution is 2.24. The molecule has 1 aromatic rings. The van der Waals surface area contributed by atoms with Crippen molar-refractivity contribution in [3.8, 4) is 0 Å². The van der Waals surface area contributed by atoms with Gasteiger partial charge in [0.05, 0.1) is 18.3 Å². The molecule has 2 rings (SSSR count). The van der Waals surface area contributed by atoms with Crippen molar-refractivity contribution in [1.29, 1.82) is 0 Å². The van der Waals surface area contributed by atoms with E-state index in [2.05, 4.69) is 31.1 Å². The van der Waals surface area contributed by atoms with Gasteiger partial charge in [0.1, 0.15) is 5.76 Å². The first kappa shape index (κ1) is 12.6. The third-order valence-electron chi connectivity index (χ3n) is 3.19. The van der Waals surface area contributed by atoms with E-state index in [0.717, 1.165) is 37.5 Å². The van der Waals surface area contributed by atoms with Crippen molar-refractivity contribution in [3.63, 3.8) is 0 Å². The summed E-state index contributed by atoms with van der Waals surface area (Å²) in [6, 6.07) is 0.496. The molecular formula is C13H22N2O2. The molecule has 0 radical (unpaired) electrons. The molecule has 0 aromatic carbocycles. The van der Waals surface area contributed by atoms with Gasteiger partial charge in [0.15, 0.2) is 0 Å². The van der Waals surface area contributed by atoms with Gasteiger partial charge in [-0.25, -0.2) is 4.98 Å². The fourth-order valence-electron chi connectivity index (χ4n) is 2.23. The van der Waals surface area contributed by atoms with E-state index in [1.807, 2.05) is 6.20 Å². The molecule has 0 saturated carbocycles. The highest BCUT2D eigenvalue weighted by Gasteiger charge is 2.28. The first-order valence-electron chi connectivity index (χ1n) is 6.40. The maximum absolute atomic E-state index is 5.69. The van der Waals surface area contributed by atoms with Crippen LogP contribution in [0.2, 0.25) is 0 Å². The van der Waals surface area contributed by atoms with E-state index in [4.69, 9.17) is 9.15 Å². The molecule has 0 amide bonds. The summed E-state index contributed by atoms with van der Waals surface area (Å²) in [5.74, 6) is 1.74. The molecule has 1 unspecified atom stereocenters. The fraction of sp³-hybridized carbons (Fsp3) is 0.769. The Morgan fingerprint density at radius 2 is 2.35 bits per heavy atom. The van der Waals surface area contributed by atoms with Gasteiger partial charge >= 0.3 is 0 Å². The summed E-state index contributed by atoms with van der Waals surface area (Å²) < 4.78 is 11.3. The molecule has 0 bridgehead atoms. The van der Waals surface area contributed by atoms with Crippen LogP contribution in [0.25, 0.3) is 0 Å². The molecule has 4 nitrogen and oxygen atoms in total. The average molecular weight is 238 g/mol. The van der Waals surface area contributed by atoms with Crippen LogP contribution in [-0.4, -0.2) is 23.2 Å². The molecule has 17 heavy (non-hydrogen) atoms. The first-order chi connectivity index (χ1) is 8.09. The lowest BCUT2D eigenvalue weighted by atomic mass is 9.94. The van der Waals surface area contributed by atoms with Crippen LogP contribution in [0.1, 0.15) is 45.3 Å². The van der Waals surface area contributed by atoms with Crippen molar-refractivity contribution in [2.75, 3.05) is 6.61 Å². The average Bonchev–Trinajstić information content (AvgIpc) is 2.73. The second-order valence-electron chi connectivity index (χ2n) is 5.25. The molecule has 1 fully saturated rings. The topological polar surface area (TPSA) is 47.3 Å². The van der Waals surface area contributed by atoms with Crippen molar-refractivity contribution >= 4 is 0 Å². The van der Waals surface area contributed by atoms with Gasteiger partial charge in [-0.3, -0.25) is 0 Å². The van der Waals surface area contributed by atoms with Crippen molar-refractivity contribution in [3.05, 3.63) is 17.8 Å². The molecule has 1 N–H and O–H groups in total. The second-order valence-corrected chi connectivity index (χ2v) is 5.25. The Hall–Kier alpha value is -0.870. The van der Waals surface area contributed by atoms with Crippen LogP contribution < -0.4 is 5.32 Å². The van der Waals surface area contributed by atoms with E-state index in [1.165, 1.54) is 0 Å². The van der Waals surface area contributed by atoms with E-state index in [9.17, 15) is 0 Å². The Bertz CT molecular complexity index is 360. The van der Waals surface area contributed by atoms with Crippen LogP contribution in [0.4, 0.5) is 0 Å². The zero-order valence-corrected chi connectivity index (χ0v) is 11.0. The summed E-state index contributed by atoms with van der Waals surface area (Å²) in [5.41, 5.74) is -0.0128. The Labute approximate surface area is 103 Å². The molecule has 1 aliphatic rings. The standard InChI is InChI=1S/C13H22N2O2/c1-4-11-8-15-12(17-11)9-14-10-5-6-16-13(2,3)7-10/h8,10,14H,4-7,9H2,1-3H3. The Morgan fingerprint density at radius 1 is 1.53 bits per heavy atom. The first-order valence-corrected chi connectivity index (χ1v) is 6.40. The number of nitrogens with zero attached hydrogens (tertiary/aromatic N) is 1. The smallest absolute Gasteiger partial charge is 0.208 e. The van der Waals surface area contributed by atoms with Crippen LogP contribution in [0.3, 0.4) is 0 Å². The van der Waals surface area contributed by atoms with E-state index in [0.29, 0.717) is 12.6 Å². The number of aromatic nitrogens is 1. The SMILES string of the molecule is CCc1cnc(CNC2CCOC(C)(C)C2)o1. The molecule has 1 aliphatic heterocycles. The van der Waals surface area contributed by atoms with Gasteiger partial charge in [-0.15, -0.1) is 0 Å². The number of aryl methyl sites for hydroxylation is 1. The minimum absolute atomic E-state index is 0.0128. The number of nitrogens with one attached hydrogen (secondary N) is 1. The van der Waals surface area contributed by atoms with Gasteiger partial charge in [-0.05, 0) is 26.7 Å². The van der Waals surface area contributed by atoms with Crippen molar-refractivity contribution < 1.29 is 9.15 Å². The summed E-state index contributed by atoms with van der Waals surface area (Å²) in [5, 5.41) is 3.49. The second kappa shape index (κ2) is 5.19. The predicted octanol–water partition coefficient (Wildman–Crippen LogP) is 2.28. The van der Waals surface area contributed by atoms with Crippen LogP contribution in [0.5, 0.6) is 0 Å². The summed E-state index contributed by atoms with van der Waals surface area (Å²) in [6.45, 7) is 7.89. The lowest BCUT2D eigenvalue weighted by Crippen LogP contribution is -2.43. The van der Waals surface area contributed by atoms with E-state index in [1.54, 1.807) is 0 Å². The van der Waals surface area contributed by atoms with E-state index < -0.39 is 0 Å². The van der Waals surface area contributed by atoms with Crippen molar-refractivity contribution in [2.45, 2.75) is 58.2 Å². The summed E-state index contributed by atoms with van der Waals surface area (Å²) in [7, 11) is 0. The number of hydrogen-bond acceptors (Lipinski definition) is 4. The molecule has 1 saturated heterocycles. The monoisotopic (exact) mass is 238 g/mol. The Balaban J connectivity index is 1.81. The number of rotatable bonds is 4. The van der Waals surface area contributed by atoms with Crippen LogP contribution in [0, 0.1) is 0 Å². The number of oxazole rings is 1. The van der Waals surface area contributed by atoms with Gasteiger partial charge in [-0.1, -0.05) is 6.92 Å². The lowest BCUT2D eigenvalue weighted by molar-refractivity contribution is -0.0632. The molecular weight excluding hydrogens is 216 g/mol.